The van der Waals surface area contributed by atoms with Gasteiger partial charge in [-0.25, -0.2) is 14.6 Å². The molecule has 1 aromatic heterocycles. The van der Waals surface area contributed by atoms with Crippen molar-refractivity contribution in [2.24, 2.45) is 24.2 Å². The fraction of sp³-hybridized carbons (Fsp3) is 0.250. The second-order valence-corrected chi connectivity index (χ2v) is 6.07. The molecule has 0 aliphatic carbocycles. The maximum Gasteiger partial charge on any atom is 0.295 e. The molecule has 0 radical (unpaired) electrons. The average molecular weight is 365 g/mol. The first kappa shape index (κ1) is 18.4. The Hall–Kier alpha value is -3.35. The molecule has 2 N–H and O–H groups in total. The SMILES string of the molecule is CN=C(NC)N/N=C\c1ccc(OCc2n(C)c3ccccc3[n+]2C)cc1. The Kier molecular flexibility index (Phi) is 5.71. The standard InChI is InChI=1S/C20H25N6O/c1-21-20(22-2)24-23-13-15-9-11-16(12-10-15)27-14-19-25(3)17-7-5-6-8-18(17)26(19)4/h5-13H,14H2,1-4H3,(H2,21,22,24)/q+1/b23-13-. The van der Waals surface area contributed by atoms with Crippen molar-refractivity contribution in [2.45, 2.75) is 6.61 Å². The van der Waals surface area contributed by atoms with Crippen LogP contribution in [0.3, 0.4) is 0 Å². The van der Waals surface area contributed by atoms with Gasteiger partial charge in [-0.2, -0.15) is 5.10 Å². The molecule has 140 valence electrons. The number of hydrogen-bond acceptors (Lipinski definition) is 3. The fourth-order valence-corrected chi connectivity index (χ4v) is 2.91. The zero-order valence-electron chi connectivity index (χ0n) is 16.1. The van der Waals surface area contributed by atoms with Gasteiger partial charge in [-0.15, -0.1) is 0 Å². The Morgan fingerprint density at radius 1 is 1.19 bits per heavy atom. The van der Waals surface area contributed by atoms with Crippen LogP contribution in [0.5, 0.6) is 5.75 Å². The number of aromatic nitrogens is 2. The third-order valence-corrected chi connectivity index (χ3v) is 4.47. The van der Waals surface area contributed by atoms with Gasteiger partial charge in [-0.1, -0.05) is 12.1 Å². The molecule has 0 spiro atoms. The number of benzene rings is 2. The Bertz CT molecular complexity index is 933. The molecule has 0 aliphatic rings. The normalized spacial score (nSPS) is 11.9. The van der Waals surface area contributed by atoms with Gasteiger partial charge in [0.2, 0.25) is 5.96 Å². The lowest BCUT2D eigenvalue weighted by Gasteiger charge is -2.05. The summed E-state index contributed by atoms with van der Waals surface area (Å²) in [6, 6.07) is 16.1. The van der Waals surface area contributed by atoms with Crippen LogP contribution in [0.25, 0.3) is 11.0 Å². The summed E-state index contributed by atoms with van der Waals surface area (Å²) in [4.78, 5) is 3.99. The molecular formula is C20H25N6O+. The number of imidazole rings is 1. The van der Waals surface area contributed by atoms with Gasteiger partial charge < -0.3 is 10.1 Å². The van der Waals surface area contributed by atoms with Crippen LogP contribution >= 0.6 is 0 Å². The highest BCUT2D eigenvalue weighted by Gasteiger charge is 2.19. The first-order chi connectivity index (χ1) is 13.1. The van der Waals surface area contributed by atoms with Crippen molar-refractivity contribution in [1.82, 2.24) is 15.3 Å². The number of nitrogens with one attached hydrogen (secondary N) is 2. The molecule has 7 heteroatoms. The van der Waals surface area contributed by atoms with E-state index in [9.17, 15) is 0 Å². The number of para-hydroxylation sites is 2. The Balaban J connectivity index is 1.65. The first-order valence-electron chi connectivity index (χ1n) is 8.73. The highest BCUT2D eigenvalue weighted by atomic mass is 16.5. The number of ether oxygens (including phenoxy) is 1. The highest BCUT2D eigenvalue weighted by Crippen LogP contribution is 2.16. The van der Waals surface area contributed by atoms with Crippen LogP contribution in [0.1, 0.15) is 11.4 Å². The molecule has 27 heavy (non-hydrogen) atoms. The van der Waals surface area contributed by atoms with E-state index in [2.05, 4.69) is 56.2 Å². The largest absolute Gasteiger partial charge is 0.481 e. The first-order valence-corrected chi connectivity index (χ1v) is 8.73. The minimum absolute atomic E-state index is 0.495. The number of aryl methyl sites for hydroxylation is 2. The summed E-state index contributed by atoms with van der Waals surface area (Å²) in [7, 11) is 7.60. The summed E-state index contributed by atoms with van der Waals surface area (Å²) in [6.07, 6.45) is 1.73. The maximum absolute atomic E-state index is 5.98. The zero-order valence-corrected chi connectivity index (χ0v) is 16.1. The van der Waals surface area contributed by atoms with Crippen molar-refractivity contribution in [3.05, 3.63) is 59.9 Å². The number of fused-ring (bicyclic) bond motifs is 1. The van der Waals surface area contributed by atoms with Crippen LogP contribution in [0.15, 0.2) is 58.6 Å². The molecule has 0 saturated carbocycles. The van der Waals surface area contributed by atoms with Crippen LogP contribution in [0, 0.1) is 0 Å². The lowest BCUT2D eigenvalue weighted by molar-refractivity contribution is -0.655. The van der Waals surface area contributed by atoms with Gasteiger partial charge in [0, 0.05) is 14.1 Å². The van der Waals surface area contributed by atoms with E-state index in [4.69, 9.17) is 4.74 Å². The van der Waals surface area contributed by atoms with Gasteiger partial charge in [0.1, 0.15) is 5.75 Å². The van der Waals surface area contributed by atoms with Crippen molar-refractivity contribution < 1.29 is 9.30 Å². The predicted octanol–water partition coefficient (Wildman–Crippen LogP) is 1.71. The third kappa shape index (κ3) is 4.08. The van der Waals surface area contributed by atoms with E-state index in [1.54, 1.807) is 20.3 Å². The van der Waals surface area contributed by atoms with Crippen LogP contribution in [-0.4, -0.2) is 30.8 Å². The van der Waals surface area contributed by atoms with E-state index in [1.165, 1.54) is 11.0 Å². The molecule has 0 aliphatic heterocycles. The van der Waals surface area contributed by atoms with Crippen molar-refractivity contribution in [2.75, 3.05) is 14.1 Å². The lowest BCUT2D eigenvalue weighted by atomic mass is 10.2. The van der Waals surface area contributed by atoms with Gasteiger partial charge >= 0.3 is 0 Å². The number of aliphatic imine (C=N–C) groups is 1. The molecule has 0 saturated heterocycles. The van der Waals surface area contributed by atoms with Gasteiger partial charge in [-0.05, 0) is 42.0 Å². The van der Waals surface area contributed by atoms with Crippen molar-refractivity contribution in [3.8, 4) is 5.75 Å². The van der Waals surface area contributed by atoms with Crippen molar-refractivity contribution >= 4 is 23.2 Å². The second kappa shape index (κ2) is 8.35. The number of rotatable bonds is 5. The molecule has 0 fully saturated rings. The molecule has 0 amide bonds. The molecular weight excluding hydrogens is 340 g/mol. The van der Waals surface area contributed by atoms with E-state index in [0.29, 0.717) is 12.6 Å². The van der Waals surface area contributed by atoms with Gasteiger partial charge in [0.15, 0.2) is 17.6 Å². The smallest absolute Gasteiger partial charge is 0.295 e. The summed E-state index contributed by atoms with van der Waals surface area (Å²) in [5.74, 6) is 2.52. The number of nitrogens with zero attached hydrogens (tertiary/aromatic N) is 4. The zero-order chi connectivity index (χ0) is 19.2. The van der Waals surface area contributed by atoms with E-state index >= 15 is 0 Å². The Morgan fingerprint density at radius 3 is 2.59 bits per heavy atom. The molecule has 3 rings (SSSR count). The minimum atomic E-state index is 0.495. The Labute approximate surface area is 159 Å². The van der Waals surface area contributed by atoms with Gasteiger partial charge in [0.25, 0.3) is 5.82 Å². The van der Waals surface area contributed by atoms with Gasteiger partial charge in [-0.3, -0.25) is 4.99 Å². The predicted molar refractivity (Wildman–Crippen MR) is 108 cm³/mol. The van der Waals surface area contributed by atoms with Crippen LogP contribution in [0.2, 0.25) is 0 Å². The summed E-state index contributed by atoms with van der Waals surface area (Å²) in [6.45, 7) is 0.495. The fourth-order valence-electron chi connectivity index (χ4n) is 2.91. The van der Waals surface area contributed by atoms with Crippen LogP contribution < -0.4 is 20.0 Å². The van der Waals surface area contributed by atoms with Crippen molar-refractivity contribution in [3.63, 3.8) is 0 Å². The molecule has 7 nitrogen and oxygen atoms in total. The van der Waals surface area contributed by atoms with Crippen molar-refractivity contribution in [1.29, 1.82) is 0 Å². The van der Waals surface area contributed by atoms with E-state index < -0.39 is 0 Å². The summed E-state index contributed by atoms with van der Waals surface area (Å²) in [5.41, 5.74) is 6.17. The number of hydrogen-bond donors (Lipinski definition) is 2. The minimum Gasteiger partial charge on any atom is -0.481 e. The number of guanidine groups is 1. The second-order valence-electron chi connectivity index (χ2n) is 6.07. The molecule has 3 aromatic rings. The molecule has 1 heterocycles. The van der Waals surface area contributed by atoms with E-state index in [1.807, 2.05) is 36.4 Å². The quantitative estimate of drug-likeness (QED) is 0.313. The van der Waals surface area contributed by atoms with E-state index in [-0.39, 0.29) is 0 Å². The molecule has 0 unspecified atom stereocenters. The lowest BCUT2D eigenvalue weighted by Crippen LogP contribution is -2.33. The summed E-state index contributed by atoms with van der Waals surface area (Å²) < 4.78 is 10.3. The molecule has 2 aromatic carbocycles. The third-order valence-electron chi connectivity index (χ3n) is 4.47. The molecule has 0 bridgehead atoms. The van der Waals surface area contributed by atoms with Gasteiger partial charge in [0.05, 0.1) is 20.3 Å². The summed E-state index contributed by atoms with van der Waals surface area (Å²) in [5, 5.41) is 7.04. The van der Waals surface area contributed by atoms with E-state index in [0.717, 1.165) is 17.1 Å². The van der Waals surface area contributed by atoms with Crippen LogP contribution in [-0.2, 0) is 20.7 Å². The van der Waals surface area contributed by atoms with Crippen LogP contribution in [0.4, 0.5) is 0 Å². The highest BCUT2D eigenvalue weighted by molar-refractivity contribution is 5.83. The summed E-state index contributed by atoms with van der Waals surface area (Å²) >= 11 is 0. The number of hydrazone groups is 1. The Morgan fingerprint density at radius 2 is 1.93 bits per heavy atom. The topological polar surface area (TPSA) is 66.8 Å². The average Bonchev–Trinajstić information content (AvgIpc) is 2.95. The maximum atomic E-state index is 5.98. The monoisotopic (exact) mass is 365 g/mol. The molecule has 0 atom stereocenters.